The molecule has 26 heavy (non-hydrogen) atoms. The maximum Gasteiger partial charge on any atom is 0.251 e. The number of amides is 2. The van der Waals surface area contributed by atoms with Crippen LogP contribution >= 0.6 is 12.4 Å². The number of anilines is 1. The summed E-state index contributed by atoms with van der Waals surface area (Å²) in [7, 11) is 0. The fourth-order valence-corrected chi connectivity index (χ4v) is 3.75. The highest BCUT2D eigenvalue weighted by Gasteiger charge is 2.21. The first-order chi connectivity index (χ1) is 12.2. The predicted octanol–water partition coefficient (Wildman–Crippen LogP) is 3.28. The Bertz CT molecular complexity index is 583. The third-order valence-corrected chi connectivity index (χ3v) is 5.21. The average molecular weight is 380 g/mol. The first kappa shape index (κ1) is 20.7. The van der Waals surface area contributed by atoms with Crippen LogP contribution < -0.4 is 15.5 Å². The number of halogens is 1. The molecule has 2 amide bonds. The highest BCUT2D eigenvalue weighted by molar-refractivity contribution is 5.97. The zero-order valence-electron chi connectivity index (χ0n) is 15.3. The number of nitrogens with zero attached hydrogens (tertiary/aromatic N) is 1. The number of nitrogens with one attached hydrogen (secondary N) is 2. The molecule has 0 spiro atoms. The minimum absolute atomic E-state index is 0. The molecule has 1 saturated heterocycles. The van der Waals surface area contributed by atoms with Crippen molar-refractivity contribution in [3.63, 3.8) is 0 Å². The van der Waals surface area contributed by atoms with Gasteiger partial charge in [-0.2, -0.15) is 0 Å². The summed E-state index contributed by atoms with van der Waals surface area (Å²) in [6.45, 7) is 2.23. The number of hydrogen-bond donors (Lipinski definition) is 2. The molecule has 0 unspecified atom stereocenters. The largest absolute Gasteiger partial charge is 0.351 e. The Labute approximate surface area is 162 Å². The summed E-state index contributed by atoms with van der Waals surface area (Å²) in [6, 6.07) is 7.94. The van der Waals surface area contributed by atoms with Gasteiger partial charge in [0.1, 0.15) is 0 Å². The molecule has 2 fully saturated rings. The molecule has 2 aliphatic rings. The van der Waals surface area contributed by atoms with E-state index in [-0.39, 0.29) is 24.2 Å². The van der Waals surface area contributed by atoms with Gasteiger partial charge in [-0.15, -0.1) is 12.4 Å². The van der Waals surface area contributed by atoms with Crippen LogP contribution in [0, 0.1) is 0 Å². The predicted molar refractivity (Wildman–Crippen MR) is 107 cm³/mol. The molecule has 1 aromatic rings. The van der Waals surface area contributed by atoms with Crippen LogP contribution in [0.5, 0.6) is 0 Å². The lowest BCUT2D eigenvalue weighted by atomic mass is 10.1. The van der Waals surface area contributed by atoms with E-state index in [1.54, 1.807) is 17.0 Å². The second-order valence-electron chi connectivity index (χ2n) is 7.09. The van der Waals surface area contributed by atoms with Gasteiger partial charge >= 0.3 is 0 Å². The molecule has 1 saturated carbocycles. The second kappa shape index (κ2) is 10.5. The minimum Gasteiger partial charge on any atom is -0.351 e. The molecule has 1 aromatic carbocycles. The topological polar surface area (TPSA) is 61.4 Å². The summed E-state index contributed by atoms with van der Waals surface area (Å²) in [5, 5.41) is 6.53. The number of benzene rings is 1. The Balaban J connectivity index is 0.00000243. The summed E-state index contributed by atoms with van der Waals surface area (Å²) in [5.74, 6) is 0.115. The van der Waals surface area contributed by atoms with Crippen molar-refractivity contribution in [1.29, 1.82) is 0 Å². The molecule has 1 heterocycles. The molecular formula is C20H30ClN3O2. The van der Waals surface area contributed by atoms with Gasteiger partial charge in [-0.3, -0.25) is 9.59 Å². The third kappa shape index (κ3) is 5.71. The molecule has 5 nitrogen and oxygen atoms in total. The highest BCUT2D eigenvalue weighted by atomic mass is 35.5. The number of hydrogen-bond acceptors (Lipinski definition) is 3. The molecular weight excluding hydrogens is 350 g/mol. The quantitative estimate of drug-likeness (QED) is 0.589. The van der Waals surface area contributed by atoms with E-state index in [0.29, 0.717) is 24.6 Å². The molecule has 3 rings (SSSR count). The van der Waals surface area contributed by atoms with Gasteiger partial charge in [0.2, 0.25) is 5.91 Å². The zero-order valence-corrected chi connectivity index (χ0v) is 16.2. The van der Waals surface area contributed by atoms with Crippen LogP contribution in [0.4, 0.5) is 5.69 Å². The van der Waals surface area contributed by atoms with Crippen molar-refractivity contribution < 1.29 is 9.59 Å². The Morgan fingerprint density at radius 2 is 1.69 bits per heavy atom. The Morgan fingerprint density at radius 1 is 1.00 bits per heavy atom. The molecule has 0 aromatic heterocycles. The fourth-order valence-electron chi connectivity index (χ4n) is 3.75. The van der Waals surface area contributed by atoms with Crippen LogP contribution in [0.15, 0.2) is 24.3 Å². The van der Waals surface area contributed by atoms with Crippen LogP contribution in [0.3, 0.4) is 0 Å². The van der Waals surface area contributed by atoms with Crippen LogP contribution in [-0.2, 0) is 4.79 Å². The minimum atomic E-state index is -0.0537. The molecule has 0 radical (unpaired) electrons. The second-order valence-corrected chi connectivity index (χ2v) is 7.09. The summed E-state index contributed by atoms with van der Waals surface area (Å²) in [4.78, 5) is 25.8. The highest BCUT2D eigenvalue weighted by Crippen LogP contribution is 2.21. The average Bonchev–Trinajstić information content (AvgIpc) is 2.90. The van der Waals surface area contributed by atoms with E-state index in [0.717, 1.165) is 25.2 Å². The summed E-state index contributed by atoms with van der Waals surface area (Å²) < 4.78 is 0. The van der Waals surface area contributed by atoms with E-state index in [1.807, 2.05) is 12.1 Å². The van der Waals surface area contributed by atoms with E-state index in [1.165, 1.54) is 38.5 Å². The zero-order chi connectivity index (χ0) is 17.5. The Kier molecular flexibility index (Phi) is 8.39. The summed E-state index contributed by atoms with van der Waals surface area (Å²) >= 11 is 0. The van der Waals surface area contributed by atoms with Crippen molar-refractivity contribution in [2.75, 3.05) is 24.5 Å². The lowest BCUT2D eigenvalue weighted by Crippen LogP contribution is -2.36. The van der Waals surface area contributed by atoms with Gasteiger partial charge in [-0.1, -0.05) is 25.7 Å². The lowest BCUT2D eigenvalue weighted by molar-refractivity contribution is -0.117. The summed E-state index contributed by atoms with van der Waals surface area (Å²) in [6.07, 6.45) is 9.38. The molecule has 1 aliphatic heterocycles. The van der Waals surface area contributed by atoms with Crippen LogP contribution in [-0.4, -0.2) is 37.5 Å². The van der Waals surface area contributed by atoms with Gasteiger partial charge in [0.25, 0.3) is 5.91 Å². The Morgan fingerprint density at radius 3 is 2.31 bits per heavy atom. The van der Waals surface area contributed by atoms with Gasteiger partial charge in [-0.25, -0.2) is 0 Å². The van der Waals surface area contributed by atoms with Gasteiger partial charge in [-0.05, 0) is 43.5 Å². The van der Waals surface area contributed by atoms with Gasteiger partial charge in [0.15, 0.2) is 0 Å². The van der Waals surface area contributed by atoms with E-state index in [2.05, 4.69) is 10.6 Å². The van der Waals surface area contributed by atoms with Crippen molar-refractivity contribution in [3.05, 3.63) is 29.8 Å². The number of carbonyl (C=O) groups excluding carboxylic acids is 2. The maximum absolute atomic E-state index is 12.2. The molecule has 0 bridgehead atoms. The van der Waals surface area contributed by atoms with E-state index < -0.39 is 0 Å². The first-order valence-electron chi connectivity index (χ1n) is 9.66. The van der Waals surface area contributed by atoms with Gasteiger partial charge < -0.3 is 15.5 Å². The van der Waals surface area contributed by atoms with Crippen LogP contribution in [0.25, 0.3) is 0 Å². The normalized spacial score (nSPS) is 18.3. The number of rotatable bonds is 6. The molecule has 144 valence electrons. The summed E-state index contributed by atoms with van der Waals surface area (Å²) in [5.41, 5.74) is 1.53. The molecule has 6 heteroatoms. The smallest absolute Gasteiger partial charge is 0.251 e. The number of carbonyl (C=O) groups is 2. The molecule has 1 aliphatic carbocycles. The van der Waals surface area contributed by atoms with E-state index in [4.69, 9.17) is 0 Å². The lowest BCUT2D eigenvalue weighted by Gasteiger charge is -2.17. The van der Waals surface area contributed by atoms with E-state index >= 15 is 0 Å². The van der Waals surface area contributed by atoms with Crippen molar-refractivity contribution in [1.82, 2.24) is 10.6 Å². The van der Waals surface area contributed by atoms with Crippen molar-refractivity contribution in [2.45, 2.75) is 57.4 Å². The van der Waals surface area contributed by atoms with E-state index in [9.17, 15) is 9.59 Å². The standard InChI is InChI=1S/C20H29N3O2.ClH/c24-19-8-5-15-23(19)18-11-9-16(10-12-18)20(25)22-14-13-21-17-6-3-1-2-4-7-17;/h9-12,17,21H,1-8,13-15H2,(H,22,25);1H. The third-order valence-electron chi connectivity index (χ3n) is 5.21. The fraction of sp³-hybridized carbons (Fsp3) is 0.600. The molecule has 2 N–H and O–H groups in total. The van der Waals surface area contributed by atoms with Crippen molar-refractivity contribution in [3.8, 4) is 0 Å². The molecule has 0 atom stereocenters. The van der Waals surface area contributed by atoms with Crippen LogP contribution in [0.2, 0.25) is 0 Å². The monoisotopic (exact) mass is 379 g/mol. The SMILES string of the molecule is Cl.O=C(NCCNC1CCCCCC1)c1ccc(N2CCCC2=O)cc1. The first-order valence-corrected chi connectivity index (χ1v) is 9.66. The Hall–Kier alpha value is -1.59. The van der Waals surface area contributed by atoms with Crippen LogP contribution in [0.1, 0.15) is 61.7 Å². The van der Waals surface area contributed by atoms with Gasteiger partial charge in [0, 0.05) is 43.3 Å². The van der Waals surface area contributed by atoms with Crippen molar-refractivity contribution in [2.24, 2.45) is 0 Å². The van der Waals surface area contributed by atoms with Crippen molar-refractivity contribution >= 4 is 29.9 Å². The maximum atomic E-state index is 12.2. The van der Waals surface area contributed by atoms with Gasteiger partial charge in [0.05, 0.1) is 0 Å².